The molecule has 0 aliphatic rings. The van der Waals surface area contributed by atoms with Crippen LogP contribution in [0, 0.1) is 0 Å². The lowest BCUT2D eigenvalue weighted by Crippen LogP contribution is -2.25. The van der Waals surface area contributed by atoms with E-state index < -0.39 is 5.91 Å². The molecule has 0 saturated heterocycles. The highest BCUT2D eigenvalue weighted by atomic mass is 35.5. The molecule has 1 aromatic carbocycles. The fourth-order valence-electron chi connectivity index (χ4n) is 1.97. The first-order valence-corrected chi connectivity index (χ1v) is 7.79. The van der Waals surface area contributed by atoms with Gasteiger partial charge in [-0.2, -0.15) is 0 Å². The molecule has 0 bridgehead atoms. The molecule has 122 valence electrons. The summed E-state index contributed by atoms with van der Waals surface area (Å²) < 4.78 is 0. The summed E-state index contributed by atoms with van der Waals surface area (Å²) in [6.45, 7) is 5.33. The zero-order valence-corrected chi connectivity index (χ0v) is 14.2. The van der Waals surface area contributed by atoms with Gasteiger partial charge in [-0.15, -0.1) is 0 Å². The Bertz CT molecular complexity index is 721. The molecular formula is C15H16Cl2N4O2. The van der Waals surface area contributed by atoms with Gasteiger partial charge in [0.15, 0.2) is 5.69 Å². The Labute approximate surface area is 144 Å². The number of aromatic nitrogens is 2. The second kappa shape index (κ2) is 7.48. The Kier molecular flexibility index (Phi) is 5.63. The number of halogens is 2. The van der Waals surface area contributed by atoms with Crippen molar-refractivity contribution in [2.75, 3.05) is 23.3 Å². The maximum absolute atomic E-state index is 12.4. The van der Waals surface area contributed by atoms with E-state index in [0.717, 1.165) is 0 Å². The molecule has 2 rings (SSSR count). The quantitative estimate of drug-likeness (QED) is 0.802. The summed E-state index contributed by atoms with van der Waals surface area (Å²) in [5.74, 6) is -0.236. The minimum absolute atomic E-state index is 0.0305. The predicted molar refractivity (Wildman–Crippen MR) is 91.7 cm³/mol. The van der Waals surface area contributed by atoms with Gasteiger partial charge in [-0.1, -0.05) is 23.2 Å². The molecule has 0 atom stereocenters. The van der Waals surface area contributed by atoms with Crippen molar-refractivity contribution in [3.05, 3.63) is 40.1 Å². The number of carbonyl (C=O) groups excluding carboxylic acids is 1. The summed E-state index contributed by atoms with van der Waals surface area (Å²) in [6.07, 6.45) is 1.38. The molecule has 2 N–H and O–H groups in total. The number of aromatic hydroxyl groups is 1. The molecule has 6 nitrogen and oxygen atoms in total. The molecule has 0 radical (unpaired) electrons. The van der Waals surface area contributed by atoms with Crippen molar-refractivity contribution < 1.29 is 9.90 Å². The Morgan fingerprint density at radius 3 is 2.65 bits per heavy atom. The molecule has 0 spiro atoms. The highest BCUT2D eigenvalue weighted by molar-refractivity contribution is 6.34. The van der Waals surface area contributed by atoms with Crippen LogP contribution >= 0.6 is 23.2 Å². The number of rotatable bonds is 5. The van der Waals surface area contributed by atoms with Gasteiger partial charge in [0.2, 0.25) is 5.95 Å². The standard InChI is InChI=1S/C15H16Cl2N4O2/c1-3-21(4-2)15-18-8-10(17)13(20-15)14(23)19-11-7-9(16)5-6-12(11)22/h5-8,22H,3-4H2,1-2H3,(H,19,23). The number of anilines is 2. The van der Waals surface area contributed by atoms with Crippen molar-refractivity contribution in [2.24, 2.45) is 0 Å². The fraction of sp³-hybridized carbons (Fsp3) is 0.267. The van der Waals surface area contributed by atoms with Gasteiger partial charge in [-0.05, 0) is 32.0 Å². The molecule has 0 aliphatic carbocycles. The van der Waals surface area contributed by atoms with E-state index in [0.29, 0.717) is 24.1 Å². The van der Waals surface area contributed by atoms with Crippen LogP contribution in [0.2, 0.25) is 10.0 Å². The van der Waals surface area contributed by atoms with Gasteiger partial charge >= 0.3 is 0 Å². The van der Waals surface area contributed by atoms with Gasteiger partial charge in [0.25, 0.3) is 5.91 Å². The van der Waals surface area contributed by atoms with E-state index in [1.165, 1.54) is 24.4 Å². The number of hydrogen-bond donors (Lipinski definition) is 2. The molecule has 0 saturated carbocycles. The molecule has 0 fully saturated rings. The number of carbonyl (C=O) groups is 1. The third-order valence-corrected chi connectivity index (χ3v) is 3.71. The minimum Gasteiger partial charge on any atom is -0.506 e. The first-order chi connectivity index (χ1) is 11.0. The first-order valence-electron chi connectivity index (χ1n) is 7.03. The Hall–Kier alpha value is -2.05. The van der Waals surface area contributed by atoms with Crippen LogP contribution in [0.15, 0.2) is 24.4 Å². The van der Waals surface area contributed by atoms with E-state index in [1.54, 1.807) is 0 Å². The van der Waals surface area contributed by atoms with Gasteiger partial charge in [0.05, 0.1) is 16.9 Å². The van der Waals surface area contributed by atoms with Crippen LogP contribution < -0.4 is 10.2 Å². The summed E-state index contributed by atoms with van der Waals surface area (Å²) in [4.78, 5) is 22.6. The summed E-state index contributed by atoms with van der Waals surface area (Å²) >= 11 is 11.9. The van der Waals surface area contributed by atoms with Gasteiger partial charge in [0.1, 0.15) is 5.75 Å². The van der Waals surface area contributed by atoms with E-state index in [1.807, 2.05) is 18.7 Å². The summed E-state index contributed by atoms with van der Waals surface area (Å²) in [6, 6.07) is 4.35. The number of nitrogens with one attached hydrogen (secondary N) is 1. The molecule has 0 aliphatic heterocycles. The third-order valence-electron chi connectivity index (χ3n) is 3.20. The molecule has 1 amide bonds. The average Bonchev–Trinajstić information content (AvgIpc) is 2.53. The van der Waals surface area contributed by atoms with E-state index in [4.69, 9.17) is 23.2 Å². The maximum Gasteiger partial charge on any atom is 0.276 e. The SMILES string of the molecule is CCN(CC)c1ncc(Cl)c(C(=O)Nc2cc(Cl)ccc2O)n1. The summed E-state index contributed by atoms with van der Waals surface area (Å²) in [5.41, 5.74) is 0.213. The highest BCUT2D eigenvalue weighted by Crippen LogP contribution is 2.27. The van der Waals surface area contributed by atoms with Gasteiger partial charge in [-0.25, -0.2) is 9.97 Å². The average molecular weight is 355 g/mol. The Balaban J connectivity index is 2.31. The third kappa shape index (κ3) is 4.03. The van der Waals surface area contributed by atoms with Crippen molar-refractivity contribution in [3.8, 4) is 5.75 Å². The van der Waals surface area contributed by atoms with Gasteiger partial charge < -0.3 is 15.3 Å². The van der Waals surface area contributed by atoms with Crippen LogP contribution in [0.3, 0.4) is 0 Å². The lowest BCUT2D eigenvalue weighted by atomic mass is 10.2. The van der Waals surface area contributed by atoms with Crippen LogP contribution in [-0.2, 0) is 0 Å². The number of phenolic OH excluding ortho intramolecular Hbond substituents is 1. The normalized spacial score (nSPS) is 10.4. The molecule has 23 heavy (non-hydrogen) atoms. The van der Waals surface area contributed by atoms with Crippen molar-refractivity contribution >= 4 is 40.7 Å². The molecule has 1 aromatic heterocycles. The Morgan fingerprint density at radius 1 is 1.30 bits per heavy atom. The zero-order chi connectivity index (χ0) is 17.0. The topological polar surface area (TPSA) is 78.4 Å². The summed E-state index contributed by atoms with van der Waals surface area (Å²) in [5, 5.41) is 12.8. The second-order valence-electron chi connectivity index (χ2n) is 4.65. The number of benzene rings is 1. The monoisotopic (exact) mass is 354 g/mol. The lowest BCUT2D eigenvalue weighted by molar-refractivity contribution is 0.102. The molecule has 8 heteroatoms. The van der Waals surface area contributed by atoms with Crippen molar-refractivity contribution in [1.82, 2.24) is 9.97 Å². The Morgan fingerprint density at radius 2 is 2.00 bits per heavy atom. The van der Waals surface area contributed by atoms with Crippen molar-refractivity contribution in [1.29, 1.82) is 0 Å². The number of phenols is 1. The predicted octanol–water partition coefficient (Wildman–Crippen LogP) is 3.59. The smallest absolute Gasteiger partial charge is 0.276 e. The van der Waals surface area contributed by atoms with Gasteiger partial charge in [0, 0.05) is 18.1 Å². The van der Waals surface area contributed by atoms with Crippen molar-refractivity contribution in [3.63, 3.8) is 0 Å². The van der Waals surface area contributed by atoms with E-state index in [9.17, 15) is 9.90 Å². The molecule has 0 unspecified atom stereocenters. The largest absolute Gasteiger partial charge is 0.506 e. The van der Waals surface area contributed by atoms with E-state index >= 15 is 0 Å². The van der Waals surface area contributed by atoms with Crippen LogP contribution in [0.25, 0.3) is 0 Å². The zero-order valence-electron chi connectivity index (χ0n) is 12.7. The lowest BCUT2D eigenvalue weighted by Gasteiger charge is -2.19. The molecule has 2 aromatic rings. The van der Waals surface area contributed by atoms with E-state index in [-0.39, 0.29) is 22.2 Å². The maximum atomic E-state index is 12.4. The molecule has 1 heterocycles. The number of nitrogens with zero attached hydrogens (tertiary/aromatic N) is 3. The highest BCUT2D eigenvalue weighted by Gasteiger charge is 2.17. The van der Waals surface area contributed by atoms with Gasteiger partial charge in [-0.3, -0.25) is 4.79 Å². The van der Waals surface area contributed by atoms with E-state index in [2.05, 4.69) is 15.3 Å². The first kappa shape index (κ1) is 17.3. The fourth-order valence-corrected chi connectivity index (χ4v) is 2.31. The number of amides is 1. The summed E-state index contributed by atoms with van der Waals surface area (Å²) in [7, 11) is 0. The van der Waals surface area contributed by atoms with Crippen LogP contribution in [0.5, 0.6) is 5.75 Å². The minimum atomic E-state index is -0.552. The van der Waals surface area contributed by atoms with Crippen LogP contribution in [-0.4, -0.2) is 34.1 Å². The number of hydrogen-bond acceptors (Lipinski definition) is 5. The van der Waals surface area contributed by atoms with Crippen LogP contribution in [0.1, 0.15) is 24.3 Å². The van der Waals surface area contributed by atoms with Crippen molar-refractivity contribution in [2.45, 2.75) is 13.8 Å². The second-order valence-corrected chi connectivity index (χ2v) is 5.50. The van der Waals surface area contributed by atoms with Crippen LogP contribution in [0.4, 0.5) is 11.6 Å². The molecular weight excluding hydrogens is 339 g/mol.